The maximum atomic E-state index is 9.84. The van der Waals surface area contributed by atoms with Crippen molar-refractivity contribution in [1.82, 2.24) is 0 Å². The fraction of sp³-hybridized carbons (Fsp3) is 0.867. The zero-order valence-electron chi connectivity index (χ0n) is 14.7. The Morgan fingerprint density at radius 1 is 0.750 bits per heavy atom. The molecule has 0 radical (unpaired) electrons. The Morgan fingerprint density at radius 2 is 1.21 bits per heavy atom. The summed E-state index contributed by atoms with van der Waals surface area (Å²) in [6, 6.07) is 0. The predicted octanol–water partition coefficient (Wildman–Crippen LogP) is -3.50. The minimum Gasteiger partial charge on any atom is -0.394 e. The van der Waals surface area contributed by atoms with Gasteiger partial charge in [0.15, 0.2) is 12.6 Å². The molecule has 0 aromatic carbocycles. The van der Waals surface area contributed by atoms with Crippen LogP contribution < -0.4 is 0 Å². The van der Waals surface area contributed by atoms with Crippen LogP contribution in [0.5, 0.6) is 0 Å². The number of hydrogen-bond acceptors (Lipinski definition) is 13. The maximum absolute atomic E-state index is 9.84. The van der Waals surface area contributed by atoms with E-state index in [1.165, 1.54) is 5.75 Å². The second-order valence-electron chi connectivity index (χ2n) is 6.28. The lowest BCUT2D eigenvalue weighted by molar-refractivity contribution is -0.376. The molecule has 3 rings (SSSR count). The van der Waals surface area contributed by atoms with E-state index in [1.54, 1.807) is 0 Å². The van der Waals surface area contributed by atoms with Gasteiger partial charge < -0.3 is 55.1 Å². The van der Waals surface area contributed by atoms with Crippen molar-refractivity contribution in [3.8, 4) is 0 Å². The third-order valence-corrected chi connectivity index (χ3v) is 6.27. The quantitative estimate of drug-likeness (QED) is 0.199. The molecule has 3 aliphatic heterocycles. The van der Waals surface area contributed by atoms with Gasteiger partial charge in [-0.25, -0.2) is 0 Å². The van der Waals surface area contributed by atoms with Gasteiger partial charge in [0.2, 0.25) is 0 Å². The Labute approximate surface area is 168 Å². The lowest BCUT2D eigenvalue weighted by Crippen LogP contribution is -2.63. The van der Waals surface area contributed by atoms with Crippen LogP contribution in [-0.4, -0.2) is 121 Å². The van der Waals surface area contributed by atoms with E-state index in [0.717, 1.165) is 0 Å². The molecule has 28 heavy (non-hydrogen) atoms. The second kappa shape index (κ2) is 11.4. The Morgan fingerprint density at radius 3 is 1.50 bits per heavy atom. The van der Waals surface area contributed by atoms with Crippen LogP contribution in [0.1, 0.15) is 0 Å². The first-order valence-corrected chi connectivity index (χ1v) is 10.9. The smallest absolute Gasteiger partial charge is 0.189 e. The highest BCUT2D eigenvalue weighted by Crippen LogP contribution is 2.28. The third-order valence-electron chi connectivity index (χ3n) is 4.35. The van der Waals surface area contributed by atoms with Crippen molar-refractivity contribution in [3.05, 3.63) is 11.5 Å². The van der Waals surface area contributed by atoms with E-state index in [9.17, 15) is 30.6 Å². The van der Waals surface area contributed by atoms with Crippen molar-refractivity contribution in [3.63, 3.8) is 0 Å². The molecule has 0 spiro atoms. The molecule has 0 unspecified atom stereocenters. The highest BCUT2D eigenvalue weighted by molar-refractivity contribution is 8.78. The van der Waals surface area contributed by atoms with Gasteiger partial charge in [0.25, 0.3) is 0 Å². The van der Waals surface area contributed by atoms with E-state index in [0.29, 0.717) is 0 Å². The van der Waals surface area contributed by atoms with Gasteiger partial charge in [0.1, 0.15) is 48.8 Å². The van der Waals surface area contributed by atoms with Crippen molar-refractivity contribution in [2.45, 2.75) is 61.4 Å². The summed E-state index contributed by atoms with van der Waals surface area (Å²) >= 11 is 0. The first kappa shape index (κ1) is 24.3. The normalized spacial score (nSPS) is 46.1. The van der Waals surface area contributed by atoms with E-state index in [2.05, 4.69) is 11.5 Å². The molecule has 13 heteroatoms. The highest BCUT2D eigenvalue weighted by Gasteiger charge is 2.49. The molecule has 0 bridgehead atoms. The Kier molecular flexibility index (Phi) is 9.89. The molecule has 8 N–H and O–H groups in total. The fourth-order valence-electron chi connectivity index (χ4n) is 2.69. The van der Waals surface area contributed by atoms with Crippen molar-refractivity contribution in [1.29, 1.82) is 0 Å². The van der Waals surface area contributed by atoms with Gasteiger partial charge in [-0.2, -0.15) is 0 Å². The molecule has 0 saturated carbocycles. The largest absolute Gasteiger partial charge is 0.394 e. The third kappa shape index (κ3) is 5.78. The topological polar surface area (TPSA) is 190 Å². The predicted molar refractivity (Wildman–Crippen MR) is 97.8 cm³/mol. The Balaban J connectivity index is 0.000000485. The van der Waals surface area contributed by atoms with Crippen LogP contribution in [-0.2, 0) is 14.2 Å². The van der Waals surface area contributed by atoms with Crippen LogP contribution >= 0.6 is 21.6 Å². The van der Waals surface area contributed by atoms with Crippen LogP contribution in [0.3, 0.4) is 0 Å². The van der Waals surface area contributed by atoms with Crippen molar-refractivity contribution < 1.29 is 55.1 Å². The number of ether oxygens (including phenoxy) is 3. The van der Waals surface area contributed by atoms with Gasteiger partial charge in [-0.15, -0.1) is 0 Å². The molecule has 3 aliphatic rings. The number of aliphatic hydroxyl groups is 8. The standard InChI is InChI=1S/C12H22O11.C3H4S2/c13-1-3-5(15)7(17)9(19)11(21-3)23-12-10(20)8(18)6(16)4(2-14)22-12;1-2-4-5-3-1/h3-20H,1-2H2;1-2H,3H2/t3-,4-,5-,6-,7+,8+,9-,10-,11-,12-;/m1./s1. The lowest BCUT2D eigenvalue weighted by atomic mass is 9.98. The van der Waals surface area contributed by atoms with Gasteiger partial charge in [-0.3, -0.25) is 0 Å². The number of rotatable bonds is 4. The van der Waals surface area contributed by atoms with E-state index in [4.69, 9.17) is 24.4 Å². The molecular weight excluding hydrogens is 420 g/mol. The molecule has 11 nitrogen and oxygen atoms in total. The summed E-state index contributed by atoms with van der Waals surface area (Å²) in [5.74, 6) is 1.20. The molecule has 2 fully saturated rings. The summed E-state index contributed by atoms with van der Waals surface area (Å²) in [6.45, 7) is -1.33. The van der Waals surface area contributed by atoms with Gasteiger partial charge >= 0.3 is 0 Å². The molecule has 0 aromatic rings. The molecule has 3 heterocycles. The van der Waals surface area contributed by atoms with Crippen LogP contribution in [0.15, 0.2) is 11.5 Å². The molecule has 164 valence electrons. The molecule has 10 atom stereocenters. The minimum atomic E-state index is -1.72. The summed E-state index contributed by atoms with van der Waals surface area (Å²) in [6.07, 6.45) is -13.4. The highest BCUT2D eigenvalue weighted by atomic mass is 33.1. The number of hydrogen-bond donors (Lipinski definition) is 8. The van der Waals surface area contributed by atoms with Crippen molar-refractivity contribution in [2.75, 3.05) is 19.0 Å². The summed E-state index contributed by atoms with van der Waals surface area (Å²) < 4.78 is 15.3. The maximum Gasteiger partial charge on any atom is 0.189 e. The average Bonchev–Trinajstić information content (AvgIpc) is 3.28. The first-order chi connectivity index (χ1) is 13.3. The Hall–Kier alpha value is -0.0000000000000000139. The van der Waals surface area contributed by atoms with E-state index in [-0.39, 0.29) is 0 Å². The van der Waals surface area contributed by atoms with Crippen LogP contribution in [0.4, 0.5) is 0 Å². The monoisotopic (exact) mass is 446 g/mol. The van der Waals surface area contributed by atoms with E-state index >= 15 is 0 Å². The summed E-state index contributed by atoms with van der Waals surface area (Å²) in [5, 5.41) is 78.6. The molecule has 0 aliphatic carbocycles. The molecule has 2 saturated heterocycles. The van der Waals surface area contributed by atoms with Gasteiger partial charge in [-0.05, 0) is 5.41 Å². The zero-order valence-corrected chi connectivity index (χ0v) is 16.3. The van der Waals surface area contributed by atoms with E-state index in [1.807, 2.05) is 21.6 Å². The van der Waals surface area contributed by atoms with Gasteiger partial charge in [-0.1, -0.05) is 27.7 Å². The lowest BCUT2D eigenvalue weighted by Gasteiger charge is -2.44. The molecule has 0 aromatic heterocycles. The molecule has 0 amide bonds. The summed E-state index contributed by atoms with van der Waals surface area (Å²) in [4.78, 5) is 0. The second-order valence-corrected chi connectivity index (χ2v) is 8.60. The summed E-state index contributed by atoms with van der Waals surface area (Å²) in [7, 11) is 3.69. The van der Waals surface area contributed by atoms with Crippen molar-refractivity contribution >= 4 is 21.6 Å². The zero-order chi connectivity index (χ0) is 20.8. The van der Waals surface area contributed by atoms with Crippen LogP contribution in [0.2, 0.25) is 0 Å². The first-order valence-electron chi connectivity index (χ1n) is 8.51. The van der Waals surface area contributed by atoms with Crippen LogP contribution in [0.25, 0.3) is 0 Å². The van der Waals surface area contributed by atoms with E-state index < -0.39 is 74.6 Å². The Bertz CT molecular complexity index is 455. The minimum absolute atomic E-state index is 0.667. The fourth-order valence-corrected chi connectivity index (χ4v) is 4.26. The average molecular weight is 446 g/mol. The molecular formula is C15H26O11S2. The number of aliphatic hydroxyl groups excluding tert-OH is 8. The SMILES string of the molecule is C1=CSSC1.OC[C@H]1O[C@H](O[C@H]2O[C@H](CO)[C@@H](O)[C@H](O)[C@H]2O)[C@H](O)[C@@H](O)[C@@H]1O. The van der Waals surface area contributed by atoms with Gasteiger partial charge in [0.05, 0.1) is 13.2 Å². The van der Waals surface area contributed by atoms with Crippen molar-refractivity contribution in [2.24, 2.45) is 0 Å². The summed E-state index contributed by atoms with van der Waals surface area (Å²) in [5.41, 5.74) is 0. The van der Waals surface area contributed by atoms with Gasteiger partial charge in [0, 0.05) is 5.75 Å². The van der Waals surface area contributed by atoms with Crippen LogP contribution in [0, 0.1) is 0 Å².